The number of Topliss-reactive ketones (excluding diaryl/α,β-unsaturated/α-hetero) is 1. The largest absolute Gasteiger partial charge is 0.489 e. The number of aryl methyl sites for hydroxylation is 1. The third-order valence-corrected chi connectivity index (χ3v) is 2.94. The van der Waals surface area contributed by atoms with E-state index in [9.17, 15) is 4.79 Å². The second-order valence-electron chi connectivity index (χ2n) is 4.66. The maximum Gasteiger partial charge on any atom is 0.188 e. The number of hydrogen-bond donors (Lipinski definition) is 0. The van der Waals surface area contributed by atoms with E-state index in [0.29, 0.717) is 12.2 Å². The molecule has 0 bridgehead atoms. The van der Waals surface area contributed by atoms with Crippen molar-refractivity contribution < 1.29 is 14.3 Å². The summed E-state index contributed by atoms with van der Waals surface area (Å²) in [5, 5.41) is 0. The van der Waals surface area contributed by atoms with Crippen LogP contribution in [0.4, 0.5) is 0 Å². The molecule has 0 aliphatic rings. The number of methoxy groups -OCH3 is 1. The Balaban J connectivity index is 1.95. The van der Waals surface area contributed by atoms with Crippen LogP contribution in [0.5, 0.6) is 5.75 Å². The van der Waals surface area contributed by atoms with Gasteiger partial charge >= 0.3 is 0 Å². The van der Waals surface area contributed by atoms with Crippen LogP contribution in [0.3, 0.4) is 0 Å². The maximum absolute atomic E-state index is 11.6. The van der Waals surface area contributed by atoms with Gasteiger partial charge in [-0.25, -0.2) is 0 Å². The minimum atomic E-state index is -0.0299. The van der Waals surface area contributed by atoms with Gasteiger partial charge in [0, 0.05) is 12.7 Å². The van der Waals surface area contributed by atoms with E-state index in [4.69, 9.17) is 9.47 Å². The highest BCUT2D eigenvalue weighted by molar-refractivity contribution is 5.97. The van der Waals surface area contributed by atoms with Gasteiger partial charge in [-0.1, -0.05) is 29.8 Å². The molecular weight excluding hydrogens is 252 g/mol. The lowest BCUT2D eigenvalue weighted by Gasteiger charge is -2.07. The van der Waals surface area contributed by atoms with Crippen LogP contribution in [0.1, 0.15) is 21.5 Å². The summed E-state index contributed by atoms with van der Waals surface area (Å²) in [6, 6.07) is 15.3. The standard InChI is InChI=1S/C17H18O3/c1-13-4-3-5-14(10-13)11-20-16-8-6-15(7-9-16)17(18)12-19-2/h3-10H,11-12H2,1-2H3. The van der Waals surface area contributed by atoms with Gasteiger partial charge in [0.25, 0.3) is 0 Å². The van der Waals surface area contributed by atoms with Crippen molar-refractivity contribution in [2.45, 2.75) is 13.5 Å². The Labute approximate surface area is 119 Å². The molecule has 0 aliphatic carbocycles. The van der Waals surface area contributed by atoms with Crippen molar-refractivity contribution in [3.8, 4) is 5.75 Å². The molecule has 0 spiro atoms. The highest BCUT2D eigenvalue weighted by Crippen LogP contribution is 2.15. The molecule has 2 aromatic carbocycles. The van der Waals surface area contributed by atoms with E-state index in [-0.39, 0.29) is 12.4 Å². The Morgan fingerprint density at radius 3 is 2.50 bits per heavy atom. The first-order chi connectivity index (χ1) is 9.69. The Morgan fingerprint density at radius 1 is 1.10 bits per heavy atom. The molecule has 0 saturated heterocycles. The third kappa shape index (κ3) is 3.93. The summed E-state index contributed by atoms with van der Waals surface area (Å²) >= 11 is 0. The number of ketones is 1. The van der Waals surface area contributed by atoms with E-state index in [2.05, 4.69) is 19.1 Å². The number of hydrogen-bond acceptors (Lipinski definition) is 3. The second-order valence-corrected chi connectivity index (χ2v) is 4.66. The van der Waals surface area contributed by atoms with E-state index in [1.54, 1.807) is 24.3 Å². The van der Waals surface area contributed by atoms with E-state index >= 15 is 0 Å². The minimum Gasteiger partial charge on any atom is -0.489 e. The van der Waals surface area contributed by atoms with Crippen LogP contribution in [0.15, 0.2) is 48.5 Å². The Bertz CT molecular complexity index is 573. The summed E-state index contributed by atoms with van der Waals surface area (Å²) in [4.78, 5) is 11.6. The quantitative estimate of drug-likeness (QED) is 0.755. The zero-order chi connectivity index (χ0) is 14.4. The average molecular weight is 270 g/mol. The zero-order valence-electron chi connectivity index (χ0n) is 11.8. The van der Waals surface area contributed by atoms with Gasteiger partial charge in [0.1, 0.15) is 19.0 Å². The van der Waals surface area contributed by atoms with Crippen LogP contribution in [-0.2, 0) is 11.3 Å². The summed E-state index contributed by atoms with van der Waals surface area (Å²) < 4.78 is 10.5. The molecule has 2 aromatic rings. The van der Waals surface area contributed by atoms with Gasteiger partial charge in [0.05, 0.1) is 0 Å². The molecule has 3 heteroatoms. The van der Waals surface area contributed by atoms with Crippen LogP contribution >= 0.6 is 0 Å². The Hall–Kier alpha value is -2.13. The van der Waals surface area contributed by atoms with Crippen LogP contribution in [0.2, 0.25) is 0 Å². The fourth-order valence-corrected chi connectivity index (χ4v) is 1.92. The minimum absolute atomic E-state index is 0.0299. The summed E-state index contributed by atoms with van der Waals surface area (Å²) in [5.41, 5.74) is 2.98. The molecule has 0 aromatic heterocycles. The lowest BCUT2D eigenvalue weighted by atomic mass is 10.1. The molecule has 104 valence electrons. The normalized spacial score (nSPS) is 10.3. The predicted octanol–water partition coefficient (Wildman–Crippen LogP) is 3.40. The Kier molecular flexibility index (Phi) is 4.91. The topological polar surface area (TPSA) is 35.5 Å². The van der Waals surface area contributed by atoms with Crippen LogP contribution in [0.25, 0.3) is 0 Å². The molecule has 0 unspecified atom stereocenters. The van der Waals surface area contributed by atoms with Gasteiger partial charge in [0.15, 0.2) is 5.78 Å². The molecule has 20 heavy (non-hydrogen) atoms. The van der Waals surface area contributed by atoms with Crippen LogP contribution < -0.4 is 4.74 Å². The fourth-order valence-electron chi connectivity index (χ4n) is 1.92. The van der Waals surface area contributed by atoms with Gasteiger partial charge in [0.2, 0.25) is 0 Å². The van der Waals surface area contributed by atoms with Crippen molar-refractivity contribution in [1.82, 2.24) is 0 Å². The predicted molar refractivity (Wildman–Crippen MR) is 78.2 cm³/mol. The molecule has 0 fully saturated rings. The van der Waals surface area contributed by atoms with E-state index in [0.717, 1.165) is 11.3 Å². The first-order valence-corrected chi connectivity index (χ1v) is 6.49. The summed E-state index contributed by atoms with van der Waals surface area (Å²) in [6.45, 7) is 2.68. The highest BCUT2D eigenvalue weighted by atomic mass is 16.5. The highest BCUT2D eigenvalue weighted by Gasteiger charge is 2.05. The number of rotatable bonds is 6. The van der Waals surface area contributed by atoms with Crippen molar-refractivity contribution in [3.63, 3.8) is 0 Å². The molecule has 0 N–H and O–H groups in total. The molecule has 0 aliphatic heterocycles. The van der Waals surface area contributed by atoms with Crippen molar-refractivity contribution in [2.75, 3.05) is 13.7 Å². The zero-order valence-corrected chi connectivity index (χ0v) is 11.8. The molecule has 0 saturated carbocycles. The SMILES string of the molecule is COCC(=O)c1ccc(OCc2cccc(C)c2)cc1. The summed E-state index contributed by atoms with van der Waals surface area (Å²) in [6.07, 6.45) is 0. The van der Waals surface area contributed by atoms with E-state index < -0.39 is 0 Å². The molecular formula is C17H18O3. The van der Waals surface area contributed by atoms with Gasteiger partial charge < -0.3 is 9.47 Å². The van der Waals surface area contributed by atoms with Crippen molar-refractivity contribution >= 4 is 5.78 Å². The van der Waals surface area contributed by atoms with Gasteiger partial charge in [-0.05, 0) is 36.8 Å². The van der Waals surface area contributed by atoms with Gasteiger partial charge in [-0.2, -0.15) is 0 Å². The van der Waals surface area contributed by atoms with Crippen molar-refractivity contribution in [1.29, 1.82) is 0 Å². The number of carbonyl (C=O) groups excluding carboxylic acids is 1. The molecule has 3 nitrogen and oxygen atoms in total. The lowest BCUT2D eigenvalue weighted by molar-refractivity contribution is 0.0848. The number of ether oxygens (including phenoxy) is 2. The molecule has 0 radical (unpaired) electrons. The maximum atomic E-state index is 11.6. The molecule has 0 atom stereocenters. The van der Waals surface area contributed by atoms with E-state index in [1.807, 2.05) is 12.1 Å². The molecule has 0 amide bonds. The van der Waals surface area contributed by atoms with Gasteiger partial charge in [-0.3, -0.25) is 4.79 Å². The Morgan fingerprint density at radius 2 is 1.85 bits per heavy atom. The van der Waals surface area contributed by atoms with Crippen molar-refractivity contribution in [3.05, 3.63) is 65.2 Å². The smallest absolute Gasteiger partial charge is 0.188 e. The van der Waals surface area contributed by atoms with Crippen LogP contribution in [-0.4, -0.2) is 19.5 Å². The fraction of sp³-hybridized carbons (Fsp3) is 0.235. The molecule has 2 rings (SSSR count). The number of benzene rings is 2. The van der Waals surface area contributed by atoms with Crippen molar-refractivity contribution in [2.24, 2.45) is 0 Å². The summed E-state index contributed by atoms with van der Waals surface area (Å²) in [5.74, 6) is 0.721. The lowest BCUT2D eigenvalue weighted by Crippen LogP contribution is -2.06. The third-order valence-electron chi connectivity index (χ3n) is 2.94. The molecule has 0 heterocycles. The summed E-state index contributed by atoms with van der Waals surface area (Å²) in [7, 11) is 1.51. The first kappa shape index (κ1) is 14.3. The van der Waals surface area contributed by atoms with E-state index in [1.165, 1.54) is 12.7 Å². The monoisotopic (exact) mass is 270 g/mol. The number of carbonyl (C=O) groups is 1. The van der Waals surface area contributed by atoms with Crippen LogP contribution in [0, 0.1) is 6.92 Å². The first-order valence-electron chi connectivity index (χ1n) is 6.49. The average Bonchev–Trinajstić information content (AvgIpc) is 2.46. The van der Waals surface area contributed by atoms with Gasteiger partial charge in [-0.15, -0.1) is 0 Å². The second kappa shape index (κ2) is 6.87.